The first-order chi connectivity index (χ1) is 9.58. The molecule has 0 aromatic heterocycles. The monoisotopic (exact) mass is 298 g/mol. The van der Waals surface area contributed by atoms with Crippen molar-refractivity contribution in [2.75, 3.05) is 38.8 Å². The summed E-state index contributed by atoms with van der Waals surface area (Å²) in [5.74, 6) is 2.00. The van der Waals surface area contributed by atoms with Crippen LogP contribution in [-0.4, -0.2) is 39.9 Å². The minimum atomic E-state index is 0.433. The molecule has 1 N–H and O–H groups in total. The molecule has 1 heterocycles. The second-order valence-corrected chi connectivity index (χ2v) is 5.77. The molecule has 5 heteroatoms. The smallest absolute Gasteiger partial charge is 0.145 e. The molecule has 112 valence electrons. The number of anilines is 1. The van der Waals surface area contributed by atoms with Crippen molar-refractivity contribution in [2.24, 2.45) is 5.92 Å². The van der Waals surface area contributed by atoms with Crippen LogP contribution in [-0.2, 0) is 0 Å². The molecule has 1 unspecified atom stereocenters. The molecular formula is C15H23ClN2O2. The Kier molecular flexibility index (Phi) is 5.00. The van der Waals surface area contributed by atoms with E-state index in [1.165, 1.54) is 0 Å². The Morgan fingerprint density at radius 3 is 2.55 bits per heavy atom. The summed E-state index contributed by atoms with van der Waals surface area (Å²) >= 11 is 6.28. The summed E-state index contributed by atoms with van der Waals surface area (Å²) in [6.45, 7) is 7.37. The van der Waals surface area contributed by atoms with E-state index >= 15 is 0 Å². The molecule has 0 spiro atoms. The van der Waals surface area contributed by atoms with Crippen molar-refractivity contribution in [3.8, 4) is 11.5 Å². The highest BCUT2D eigenvalue weighted by molar-refractivity contribution is 6.32. The number of halogens is 1. The number of hydrogen-bond acceptors (Lipinski definition) is 4. The van der Waals surface area contributed by atoms with E-state index in [2.05, 4.69) is 24.1 Å². The van der Waals surface area contributed by atoms with Crippen LogP contribution in [0.5, 0.6) is 11.5 Å². The molecule has 0 saturated carbocycles. The molecule has 1 saturated heterocycles. The maximum atomic E-state index is 6.28. The molecule has 1 aromatic carbocycles. The van der Waals surface area contributed by atoms with Crippen molar-refractivity contribution in [1.82, 2.24) is 5.32 Å². The van der Waals surface area contributed by atoms with Crippen LogP contribution < -0.4 is 19.7 Å². The predicted molar refractivity (Wildman–Crippen MR) is 83.4 cm³/mol. The van der Waals surface area contributed by atoms with Gasteiger partial charge in [0, 0.05) is 31.7 Å². The Morgan fingerprint density at radius 2 is 1.95 bits per heavy atom. The number of nitrogens with one attached hydrogen (secondary N) is 1. The molecule has 20 heavy (non-hydrogen) atoms. The van der Waals surface area contributed by atoms with Gasteiger partial charge in [-0.15, -0.1) is 0 Å². The van der Waals surface area contributed by atoms with Gasteiger partial charge in [0.2, 0.25) is 0 Å². The first kappa shape index (κ1) is 15.3. The zero-order valence-electron chi connectivity index (χ0n) is 12.6. The van der Waals surface area contributed by atoms with E-state index in [1.807, 2.05) is 12.1 Å². The lowest BCUT2D eigenvalue weighted by atomic mass is 9.99. The summed E-state index contributed by atoms with van der Waals surface area (Å²) in [6.07, 6.45) is 0. The molecule has 0 aliphatic carbocycles. The van der Waals surface area contributed by atoms with Gasteiger partial charge in [-0.3, -0.25) is 0 Å². The Balaban J connectivity index is 2.41. The predicted octanol–water partition coefficient (Wildman–Crippen LogP) is 2.79. The summed E-state index contributed by atoms with van der Waals surface area (Å²) in [5, 5.41) is 4.07. The van der Waals surface area contributed by atoms with E-state index in [0.29, 0.717) is 22.7 Å². The molecular weight excluding hydrogens is 276 g/mol. The third-order valence-electron chi connectivity index (χ3n) is 3.82. The lowest BCUT2D eigenvalue weighted by Crippen LogP contribution is -2.53. The summed E-state index contributed by atoms with van der Waals surface area (Å²) in [4.78, 5) is 2.38. The lowest BCUT2D eigenvalue weighted by molar-refractivity contribution is 0.372. The van der Waals surface area contributed by atoms with Gasteiger partial charge in [0.05, 0.1) is 24.9 Å². The molecule has 0 amide bonds. The van der Waals surface area contributed by atoms with Gasteiger partial charge < -0.3 is 19.7 Å². The van der Waals surface area contributed by atoms with Gasteiger partial charge in [0.15, 0.2) is 0 Å². The number of ether oxygens (including phenoxy) is 2. The SMILES string of the molecule is COc1cc(OC)c(N2CCNCC2C(C)C)cc1Cl. The number of hydrogen-bond donors (Lipinski definition) is 1. The highest BCUT2D eigenvalue weighted by Gasteiger charge is 2.27. The van der Waals surface area contributed by atoms with Crippen molar-refractivity contribution in [3.63, 3.8) is 0 Å². The fourth-order valence-corrected chi connectivity index (χ4v) is 2.92. The lowest BCUT2D eigenvalue weighted by Gasteiger charge is -2.41. The summed E-state index contributed by atoms with van der Waals surface area (Å²) in [5.41, 5.74) is 1.04. The maximum Gasteiger partial charge on any atom is 0.145 e. The normalized spacial score (nSPS) is 19.3. The van der Waals surface area contributed by atoms with Crippen LogP contribution in [0.15, 0.2) is 12.1 Å². The van der Waals surface area contributed by atoms with Crippen LogP contribution in [0.2, 0.25) is 5.02 Å². The van der Waals surface area contributed by atoms with Crippen LogP contribution in [0.3, 0.4) is 0 Å². The van der Waals surface area contributed by atoms with Crippen LogP contribution in [0.1, 0.15) is 13.8 Å². The number of nitrogens with zero attached hydrogens (tertiary/aromatic N) is 1. The highest BCUT2D eigenvalue weighted by Crippen LogP contribution is 2.39. The second-order valence-electron chi connectivity index (χ2n) is 5.37. The van der Waals surface area contributed by atoms with Crippen LogP contribution >= 0.6 is 11.6 Å². The second kappa shape index (κ2) is 6.55. The summed E-state index contributed by atoms with van der Waals surface area (Å²) in [7, 11) is 3.29. The molecule has 1 aromatic rings. The largest absolute Gasteiger partial charge is 0.495 e. The topological polar surface area (TPSA) is 33.7 Å². The van der Waals surface area contributed by atoms with E-state index in [4.69, 9.17) is 21.1 Å². The zero-order valence-corrected chi connectivity index (χ0v) is 13.3. The Bertz CT molecular complexity index is 465. The molecule has 0 bridgehead atoms. The first-order valence-electron chi connectivity index (χ1n) is 6.97. The van der Waals surface area contributed by atoms with Gasteiger partial charge in [-0.2, -0.15) is 0 Å². The molecule has 1 atom stereocenters. The molecule has 0 radical (unpaired) electrons. The molecule has 4 nitrogen and oxygen atoms in total. The summed E-state index contributed by atoms with van der Waals surface area (Å²) in [6, 6.07) is 4.24. The molecule has 2 rings (SSSR count). The number of rotatable bonds is 4. The van der Waals surface area contributed by atoms with Crippen molar-refractivity contribution < 1.29 is 9.47 Å². The number of benzene rings is 1. The van der Waals surface area contributed by atoms with Gasteiger partial charge in [0.1, 0.15) is 11.5 Å². The minimum Gasteiger partial charge on any atom is -0.495 e. The van der Waals surface area contributed by atoms with E-state index in [1.54, 1.807) is 14.2 Å². The van der Waals surface area contributed by atoms with Gasteiger partial charge in [-0.05, 0) is 12.0 Å². The van der Waals surface area contributed by atoms with Crippen molar-refractivity contribution in [3.05, 3.63) is 17.2 Å². The molecule has 1 fully saturated rings. The van der Waals surface area contributed by atoms with Gasteiger partial charge in [0.25, 0.3) is 0 Å². The van der Waals surface area contributed by atoms with Crippen molar-refractivity contribution >= 4 is 17.3 Å². The standard InChI is InChI=1S/C15H23ClN2O2/c1-10(2)13-9-17-5-6-18(13)12-7-11(16)14(19-3)8-15(12)20-4/h7-8,10,13,17H,5-6,9H2,1-4H3. The van der Waals surface area contributed by atoms with Crippen molar-refractivity contribution in [1.29, 1.82) is 0 Å². The number of piperazine rings is 1. The van der Waals surface area contributed by atoms with E-state index in [0.717, 1.165) is 31.1 Å². The third kappa shape index (κ3) is 2.96. The van der Waals surface area contributed by atoms with Crippen molar-refractivity contribution in [2.45, 2.75) is 19.9 Å². The third-order valence-corrected chi connectivity index (χ3v) is 4.11. The van der Waals surface area contributed by atoms with Gasteiger partial charge in [-0.1, -0.05) is 25.4 Å². The zero-order chi connectivity index (χ0) is 14.7. The number of methoxy groups -OCH3 is 2. The maximum absolute atomic E-state index is 6.28. The average molecular weight is 299 g/mol. The van der Waals surface area contributed by atoms with E-state index < -0.39 is 0 Å². The summed E-state index contributed by atoms with van der Waals surface area (Å²) < 4.78 is 10.8. The molecule has 1 aliphatic rings. The van der Waals surface area contributed by atoms with Gasteiger partial charge in [-0.25, -0.2) is 0 Å². The fraction of sp³-hybridized carbons (Fsp3) is 0.600. The highest BCUT2D eigenvalue weighted by atomic mass is 35.5. The van der Waals surface area contributed by atoms with Crippen LogP contribution in [0.25, 0.3) is 0 Å². The van der Waals surface area contributed by atoms with Gasteiger partial charge >= 0.3 is 0 Å². The van der Waals surface area contributed by atoms with E-state index in [-0.39, 0.29) is 0 Å². The Labute approximate surface area is 126 Å². The Hall–Kier alpha value is -1.13. The first-order valence-corrected chi connectivity index (χ1v) is 7.35. The Morgan fingerprint density at radius 1 is 1.25 bits per heavy atom. The minimum absolute atomic E-state index is 0.433. The molecule has 1 aliphatic heterocycles. The van der Waals surface area contributed by atoms with E-state index in [9.17, 15) is 0 Å². The van der Waals surface area contributed by atoms with Crippen LogP contribution in [0.4, 0.5) is 5.69 Å². The fourth-order valence-electron chi connectivity index (χ4n) is 2.69. The quantitative estimate of drug-likeness (QED) is 0.927. The van der Waals surface area contributed by atoms with Crippen LogP contribution in [0, 0.1) is 5.92 Å². The average Bonchev–Trinajstić information content (AvgIpc) is 2.46.